The Bertz CT molecular complexity index is 2060. The minimum Gasteiger partial charge on any atom is -0.305 e. The van der Waals surface area contributed by atoms with Gasteiger partial charge in [0.15, 0.2) is 0 Å². The number of fused-ring (bicyclic) bond motifs is 3. The summed E-state index contributed by atoms with van der Waals surface area (Å²) in [5.41, 5.74) is 9.37. The van der Waals surface area contributed by atoms with Crippen molar-refractivity contribution in [2.75, 3.05) is 0 Å². The third-order valence-electron chi connectivity index (χ3n) is 8.08. The predicted molar refractivity (Wildman–Crippen MR) is 197 cm³/mol. The molecule has 2 nitrogen and oxygen atoms in total. The normalized spacial score (nSPS) is 11.3. The Morgan fingerprint density at radius 2 is 1.46 bits per heavy atom. The van der Waals surface area contributed by atoms with Gasteiger partial charge in [0.25, 0.3) is 0 Å². The Kier molecular flexibility index (Phi) is 10.5. The molecule has 0 aliphatic heterocycles. The van der Waals surface area contributed by atoms with Crippen LogP contribution in [0.25, 0.3) is 53.8 Å². The molecular formula is C41H38IrN2SSi-2. The second-order valence-corrected chi connectivity index (χ2v) is 19.0. The molecular weight excluding hydrogens is 773 g/mol. The van der Waals surface area contributed by atoms with Gasteiger partial charge < -0.3 is 9.97 Å². The van der Waals surface area contributed by atoms with Crippen LogP contribution in [-0.2, 0) is 20.1 Å². The van der Waals surface area contributed by atoms with Gasteiger partial charge in [-0.15, -0.1) is 59.7 Å². The molecule has 3 heterocycles. The molecule has 7 rings (SSSR count). The quantitative estimate of drug-likeness (QED) is 0.128. The summed E-state index contributed by atoms with van der Waals surface area (Å²) in [5.74, 6) is 0.534. The molecule has 3 aromatic heterocycles. The van der Waals surface area contributed by atoms with Crippen LogP contribution in [0.3, 0.4) is 0 Å². The number of benzene rings is 4. The van der Waals surface area contributed by atoms with Crippen molar-refractivity contribution in [3.63, 3.8) is 0 Å². The number of aromatic nitrogens is 2. The van der Waals surface area contributed by atoms with E-state index in [9.17, 15) is 0 Å². The molecule has 5 heteroatoms. The van der Waals surface area contributed by atoms with Crippen LogP contribution < -0.4 is 5.19 Å². The molecule has 0 unspecified atom stereocenters. The van der Waals surface area contributed by atoms with Crippen LogP contribution in [0.2, 0.25) is 19.6 Å². The fraction of sp³-hybridized carbons (Fsp3) is 0.171. The van der Waals surface area contributed by atoms with E-state index in [1.807, 2.05) is 53.9 Å². The summed E-state index contributed by atoms with van der Waals surface area (Å²) in [7, 11) is -1.34. The second kappa shape index (κ2) is 14.4. The minimum atomic E-state index is -1.34. The third-order valence-corrected chi connectivity index (χ3v) is 11.2. The molecule has 7 aromatic rings. The smallest absolute Gasteiger partial charge is 0.0799 e. The molecule has 0 saturated carbocycles. The Morgan fingerprint density at radius 1 is 0.696 bits per heavy atom. The van der Waals surface area contributed by atoms with Gasteiger partial charge in [-0.25, -0.2) is 0 Å². The average Bonchev–Trinajstić information content (AvgIpc) is 3.43. The van der Waals surface area contributed by atoms with E-state index in [4.69, 9.17) is 0 Å². The van der Waals surface area contributed by atoms with Gasteiger partial charge in [-0.05, 0) is 62.8 Å². The van der Waals surface area contributed by atoms with Crippen molar-refractivity contribution in [1.82, 2.24) is 9.97 Å². The maximum atomic E-state index is 4.66. The van der Waals surface area contributed by atoms with E-state index in [1.165, 1.54) is 47.6 Å². The number of rotatable bonds is 5. The van der Waals surface area contributed by atoms with Crippen LogP contribution in [-0.4, -0.2) is 18.0 Å². The summed E-state index contributed by atoms with van der Waals surface area (Å²) in [5, 5.41) is 4.05. The fourth-order valence-electron chi connectivity index (χ4n) is 5.59. The molecule has 0 spiro atoms. The predicted octanol–water partition coefficient (Wildman–Crippen LogP) is 11.1. The summed E-state index contributed by atoms with van der Waals surface area (Å²) in [6.07, 6.45) is 3.92. The van der Waals surface area contributed by atoms with Crippen molar-refractivity contribution in [2.45, 2.75) is 46.3 Å². The topological polar surface area (TPSA) is 25.8 Å². The summed E-state index contributed by atoms with van der Waals surface area (Å²) in [6, 6.07) is 42.7. The fourth-order valence-corrected chi connectivity index (χ4v) is 8.38. The Morgan fingerprint density at radius 3 is 2.13 bits per heavy atom. The largest absolute Gasteiger partial charge is 0.305 e. The van der Waals surface area contributed by atoms with E-state index in [-0.39, 0.29) is 20.1 Å². The standard InChI is InChI=1S/C24H16NS.C17H22NSi.Ir/c1-16-5-7-17(8-6-16)18-9-11-20-21-14-19(22-4-2-3-13-25-22)10-12-23(21)26-24(20)15-18;1-13(2)15-11-16(14-9-7-6-8-10-14)18-12-17(15)19(3,4)5;/h2-9,11-15H,1H3;6-9,11-13H,1-5H3;/q2*-1;. The van der Waals surface area contributed by atoms with Crippen molar-refractivity contribution in [2.24, 2.45) is 0 Å². The number of pyridine rings is 2. The summed E-state index contributed by atoms with van der Waals surface area (Å²) in [6.45, 7) is 13.8. The van der Waals surface area contributed by atoms with Crippen LogP contribution in [0.15, 0.2) is 116 Å². The first-order valence-corrected chi connectivity index (χ1v) is 19.8. The molecule has 0 saturated heterocycles. The Hall–Kier alpha value is -3.73. The van der Waals surface area contributed by atoms with Gasteiger partial charge >= 0.3 is 0 Å². The van der Waals surface area contributed by atoms with Crippen LogP contribution in [0.5, 0.6) is 0 Å². The molecule has 0 fully saturated rings. The molecule has 0 amide bonds. The first kappa shape index (κ1) is 33.6. The minimum absolute atomic E-state index is 0. The van der Waals surface area contributed by atoms with Gasteiger partial charge in [-0.2, -0.15) is 11.3 Å². The second-order valence-electron chi connectivity index (χ2n) is 12.9. The number of aryl methyl sites for hydroxylation is 1. The Labute approximate surface area is 292 Å². The number of hydrogen-bond acceptors (Lipinski definition) is 3. The van der Waals surface area contributed by atoms with Crippen LogP contribution in [0.4, 0.5) is 0 Å². The van der Waals surface area contributed by atoms with Crippen molar-refractivity contribution < 1.29 is 20.1 Å². The zero-order valence-electron chi connectivity index (χ0n) is 27.2. The van der Waals surface area contributed by atoms with Gasteiger partial charge in [-0.1, -0.05) is 105 Å². The van der Waals surface area contributed by atoms with Gasteiger partial charge in [0.1, 0.15) is 0 Å². The van der Waals surface area contributed by atoms with Crippen molar-refractivity contribution in [1.29, 1.82) is 0 Å². The van der Waals surface area contributed by atoms with Crippen molar-refractivity contribution in [3.05, 3.63) is 139 Å². The first-order valence-electron chi connectivity index (χ1n) is 15.5. The molecule has 0 atom stereocenters. The van der Waals surface area contributed by atoms with E-state index in [0.717, 1.165) is 22.5 Å². The van der Waals surface area contributed by atoms with E-state index < -0.39 is 8.07 Å². The Balaban J connectivity index is 0.000000187. The molecule has 0 bridgehead atoms. The summed E-state index contributed by atoms with van der Waals surface area (Å²) in [4.78, 5) is 9.12. The zero-order chi connectivity index (χ0) is 31.6. The molecule has 4 aromatic carbocycles. The van der Waals surface area contributed by atoms with E-state index >= 15 is 0 Å². The molecule has 0 aliphatic rings. The monoisotopic (exact) mass is 811 g/mol. The van der Waals surface area contributed by atoms with Crippen LogP contribution in [0, 0.1) is 19.1 Å². The number of thiophene rings is 1. The number of hydrogen-bond donors (Lipinski definition) is 0. The van der Waals surface area contributed by atoms with Gasteiger partial charge in [0, 0.05) is 37.2 Å². The van der Waals surface area contributed by atoms with E-state index in [2.05, 4.69) is 135 Å². The average molecular weight is 811 g/mol. The molecule has 46 heavy (non-hydrogen) atoms. The van der Waals surface area contributed by atoms with Crippen molar-refractivity contribution >= 4 is 44.8 Å². The summed E-state index contributed by atoms with van der Waals surface area (Å²) >= 11 is 1.83. The van der Waals surface area contributed by atoms with E-state index in [1.54, 1.807) is 0 Å². The maximum absolute atomic E-state index is 4.66. The maximum Gasteiger partial charge on any atom is 0.0799 e. The molecule has 0 N–H and O–H groups in total. The summed E-state index contributed by atoms with van der Waals surface area (Å²) < 4.78 is 2.57. The number of nitrogens with zero attached hydrogens (tertiary/aromatic N) is 2. The molecule has 0 aliphatic carbocycles. The van der Waals surface area contributed by atoms with Gasteiger partial charge in [0.05, 0.1) is 8.07 Å². The van der Waals surface area contributed by atoms with Crippen LogP contribution >= 0.6 is 11.3 Å². The van der Waals surface area contributed by atoms with Crippen LogP contribution in [0.1, 0.15) is 30.9 Å². The van der Waals surface area contributed by atoms with Gasteiger partial charge in [0.2, 0.25) is 0 Å². The van der Waals surface area contributed by atoms with Gasteiger partial charge in [-0.3, -0.25) is 0 Å². The molecule has 1 radical (unpaired) electrons. The van der Waals surface area contributed by atoms with Crippen molar-refractivity contribution in [3.8, 4) is 33.6 Å². The zero-order valence-corrected chi connectivity index (χ0v) is 31.4. The van der Waals surface area contributed by atoms with E-state index in [0.29, 0.717) is 5.92 Å². The third kappa shape index (κ3) is 7.45. The molecule has 233 valence electrons. The SMILES string of the molecule is CC(C)c1cc(-c2[c-]cccc2)ncc1[Si](C)(C)C.Cc1ccc(-c2ccc3c(c2)sc2c[c-]c(-c4ccccn4)cc23)cc1.[Ir]. The first-order chi connectivity index (χ1) is 21.7.